The predicted molar refractivity (Wildman–Crippen MR) is 64.2 cm³/mol. The van der Waals surface area contributed by atoms with Gasteiger partial charge in [-0.1, -0.05) is 24.6 Å². The Balaban J connectivity index is 1.75. The minimum atomic E-state index is -0.161. The highest BCUT2D eigenvalue weighted by Gasteiger charge is 2.32. The van der Waals surface area contributed by atoms with E-state index in [1.54, 1.807) is 6.07 Å². The monoisotopic (exact) mass is 235 g/mol. The molecule has 17 heavy (non-hydrogen) atoms. The van der Waals surface area contributed by atoms with Crippen LogP contribution in [-0.4, -0.2) is 19.2 Å². The van der Waals surface area contributed by atoms with Crippen molar-refractivity contribution in [3.05, 3.63) is 35.6 Å². The molecule has 2 fully saturated rings. The molecule has 1 heterocycles. The van der Waals surface area contributed by atoms with E-state index >= 15 is 0 Å². The van der Waals surface area contributed by atoms with Gasteiger partial charge in [-0.15, -0.1) is 0 Å². The molecule has 2 nitrogen and oxygen atoms in total. The third-order valence-corrected chi connectivity index (χ3v) is 3.99. The lowest BCUT2D eigenvalue weighted by atomic mass is 10.1. The van der Waals surface area contributed by atoms with Crippen LogP contribution < -0.4 is 5.32 Å². The summed E-state index contributed by atoms with van der Waals surface area (Å²) < 4.78 is 19.6. The van der Waals surface area contributed by atoms with Crippen LogP contribution in [0, 0.1) is 11.7 Å². The van der Waals surface area contributed by atoms with Crippen LogP contribution in [0.15, 0.2) is 24.3 Å². The Labute approximate surface area is 101 Å². The maximum atomic E-state index is 13.7. The van der Waals surface area contributed by atoms with Crippen molar-refractivity contribution < 1.29 is 9.13 Å². The van der Waals surface area contributed by atoms with E-state index in [0.29, 0.717) is 17.5 Å². The molecule has 1 aromatic carbocycles. The molecule has 3 atom stereocenters. The molecule has 0 bridgehead atoms. The van der Waals surface area contributed by atoms with Crippen molar-refractivity contribution in [2.24, 2.45) is 5.92 Å². The molecule has 3 heteroatoms. The molecule has 1 aliphatic heterocycles. The fourth-order valence-corrected chi connectivity index (χ4v) is 3.00. The quantitative estimate of drug-likeness (QED) is 0.808. The fourth-order valence-electron chi connectivity index (χ4n) is 3.00. The van der Waals surface area contributed by atoms with Crippen molar-refractivity contribution in [2.45, 2.75) is 31.4 Å². The summed E-state index contributed by atoms with van der Waals surface area (Å²) in [6, 6.07) is 7.49. The predicted octanol–water partition coefficient (Wildman–Crippen LogP) is 2.66. The molecule has 0 spiro atoms. The summed E-state index contributed by atoms with van der Waals surface area (Å²) in [5, 5.41) is 3.53. The van der Waals surface area contributed by atoms with Gasteiger partial charge in [-0.2, -0.15) is 0 Å². The first-order valence-corrected chi connectivity index (χ1v) is 6.44. The molecule has 0 amide bonds. The summed E-state index contributed by atoms with van der Waals surface area (Å²) >= 11 is 0. The minimum Gasteiger partial charge on any atom is -0.372 e. The second-order valence-corrected chi connectivity index (χ2v) is 5.05. The van der Waals surface area contributed by atoms with Crippen LogP contribution in [0.3, 0.4) is 0 Å². The molecule has 92 valence electrons. The zero-order valence-electron chi connectivity index (χ0n) is 9.86. The van der Waals surface area contributed by atoms with Gasteiger partial charge in [0.2, 0.25) is 0 Å². The number of nitrogens with one attached hydrogen (secondary N) is 1. The first-order chi connectivity index (χ1) is 8.34. The zero-order chi connectivity index (χ0) is 11.7. The number of fused-ring (bicyclic) bond motifs is 1. The number of hydrogen-bond donors (Lipinski definition) is 1. The van der Waals surface area contributed by atoms with Gasteiger partial charge in [-0.25, -0.2) is 4.39 Å². The second-order valence-electron chi connectivity index (χ2n) is 5.05. The molecule has 3 unspecified atom stereocenters. The van der Waals surface area contributed by atoms with Crippen LogP contribution in [0.2, 0.25) is 0 Å². The SMILES string of the molecule is Fc1ccccc1C1CNC2CCCC2CO1. The standard InChI is InChI=1S/C14H18FNO/c15-12-6-2-1-5-11(12)14-8-16-13-7-3-4-10(13)9-17-14/h1-2,5-6,10,13-14,16H,3-4,7-9H2. The van der Waals surface area contributed by atoms with Gasteiger partial charge >= 0.3 is 0 Å². The summed E-state index contributed by atoms with van der Waals surface area (Å²) in [4.78, 5) is 0. The molecule has 0 aromatic heterocycles. The number of halogens is 1. The Bertz CT molecular complexity index is 382. The van der Waals surface area contributed by atoms with E-state index in [1.165, 1.54) is 25.3 Å². The Kier molecular flexibility index (Phi) is 3.12. The average molecular weight is 235 g/mol. The number of rotatable bonds is 1. The fraction of sp³-hybridized carbons (Fsp3) is 0.571. The topological polar surface area (TPSA) is 21.3 Å². The molecule has 2 aliphatic rings. The van der Waals surface area contributed by atoms with Crippen molar-refractivity contribution >= 4 is 0 Å². The van der Waals surface area contributed by atoms with Gasteiger partial charge in [-0.05, 0) is 24.8 Å². The summed E-state index contributed by atoms with van der Waals surface area (Å²) in [6.07, 6.45) is 3.62. The van der Waals surface area contributed by atoms with E-state index in [2.05, 4.69) is 5.32 Å². The lowest BCUT2D eigenvalue weighted by Gasteiger charge is -2.16. The summed E-state index contributed by atoms with van der Waals surface area (Å²) in [6.45, 7) is 1.48. The second kappa shape index (κ2) is 4.75. The van der Waals surface area contributed by atoms with Crippen molar-refractivity contribution in [3.8, 4) is 0 Å². The van der Waals surface area contributed by atoms with E-state index in [4.69, 9.17) is 4.74 Å². The summed E-state index contributed by atoms with van der Waals surface area (Å²) in [5.41, 5.74) is 0.681. The first kappa shape index (κ1) is 11.2. The van der Waals surface area contributed by atoms with Gasteiger partial charge in [0.05, 0.1) is 12.7 Å². The Hall–Kier alpha value is -0.930. The van der Waals surface area contributed by atoms with Crippen LogP contribution in [0.4, 0.5) is 4.39 Å². The van der Waals surface area contributed by atoms with Crippen LogP contribution in [-0.2, 0) is 4.74 Å². The summed E-state index contributed by atoms with van der Waals surface area (Å²) in [5.74, 6) is 0.457. The van der Waals surface area contributed by atoms with Gasteiger partial charge < -0.3 is 10.1 Å². The molecule has 1 aromatic rings. The highest BCUT2D eigenvalue weighted by molar-refractivity contribution is 5.20. The molecule has 1 N–H and O–H groups in total. The maximum absolute atomic E-state index is 13.7. The van der Waals surface area contributed by atoms with Crippen molar-refractivity contribution in [2.75, 3.05) is 13.2 Å². The van der Waals surface area contributed by atoms with Gasteiger partial charge in [0.25, 0.3) is 0 Å². The Morgan fingerprint density at radius 1 is 1.24 bits per heavy atom. The third-order valence-electron chi connectivity index (χ3n) is 3.99. The highest BCUT2D eigenvalue weighted by atomic mass is 19.1. The molecule has 1 saturated carbocycles. The van der Waals surface area contributed by atoms with Crippen molar-refractivity contribution in [1.82, 2.24) is 5.32 Å². The maximum Gasteiger partial charge on any atom is 0.129 e. The molecular weight excluding hydrogens is 217 g/mol. The third kappa shape index (κ3) is 2.22. The van der Waals surface area contributed by atoms with Crippen molar-refractivity contribution in [3.63, 3.8) is 0 Å². The van der Waals surface area contributed by atoms with Gasteiger partial charge in [-0.3, -0.25) is 0 Å². The van der Waals surface area contributed by atoms with E-state index in [-0.39, 0.29) is 11.9 Å². The normalized spacial score (nSPS) is 33.1. The molecule has 1 saturated heterocycles. The average Bonchev–Trinajstić information content (AvgIpc) is 2.70. The van der Waals surface area contributed by atoms with E-state index in [0.717, 1.165) is 13.2 Å². The number of ether oxygens (including phenoxy) is 1. The molecule has 0 radical (unpaired) electrons. The number of benzene rings is 1. The smallest absolute Gasteiger partial charge is 0.129 e. The summed E-state index contributed by atoms with van der Waals surface area (Å²) in [7, 11) is 0. The van der Waals surface area contributed by atoms with Gasteiger partial charge in [0.15, 0.2) is 0 Å². The van der Waals surface area contributed by atoms with Crippen LogP contribution >= 0.6 is 0 Å². The zero-order valence-corrected chi connectivity index (χ0v) is 9.86. The minimum absolute atomic E-state index is 0.137. The van der Waals surface area contributed by atoms with E-state index in [9.17, 15) is 4.39 Å². The van der Waals surface area contributed by atoms with E-state index < -0.39 is 0 Å². The van der Waals surface area contributed by atoms with Crippen LogP contribution in [0.1, 0.15) is 30.9 Å². The molecule has 1 aliphatic carbocycles. The Morgan fingerprint density at radius 2 is 2.12 bits per heavy atom. The van der Waals surface area contributed by atoms with Gasteiger partial charge in [0.1, 0.15) is 5.82 Å². The van der Waals surface area contributed by atoms with Crippen LogP contribution in [0.25, 0.3) is 0 Å². The van der Waals surface area contributed by atoms with Gasteiger partial charge in [0, 0.05) is 18.2 Å². The lowest BCUT2D eigenvalue weighted by Crippen LogP contribution is -2.32. The molecular formula is C14H18FNO. The largest absolute Gasteiger partial charge is 0.372 e. The van der Waals surface area contributed by atoms with Crippen molar-refractivity contribution in [1.29, 1.82) is 0 Å². The molecule has 3 rings (SSSR count). The van der Waals surface area contributed by atoms with E-state index in [1.807, 2.05) is 12.1 Å². The number of hydrogen-bond acceptors (Lipinski definition) is 2. The highest BCUT2D eigenvalue weighted by Crippen LogP contribution is 2.31. The first-order valence-electron chi connectivity index (χ1n) is 6.44. The Morgan fingerprint density at radius 3 is 3.00 bits per heavy atom. The van der Waals surface area contributed by atoms with Crippen LogP contribution in [0.5, 0.6) is 0 Å². The lowest BCUT2D eigenvalue weighted by molar-refractivity contribution is 0.0452.